The Hall–Kier alpha value is -2.47. The van der Waals surface area contributed by atoms with Crippen molar-refractivity contribution in [3.05, 3.63) is 53.2 Å². The summed E-state index contributed by atoms with van der Waals surface area (Å²) in [5.41, 5.74) is 4.49. The maximum Gasteiger partial charge on any atom is 0.260 e. The zero-order valence-electron chi connectivity index (χ0n) is 16.2. The van der Waals surface area contributed by atoms with Gasteiger partial charge in [-0.25, -0.2) is 4.98 Å². The van der Waals surface area contributed by atoms with Gasteiger partial charge in [0.05, 0.1) is 24.1 Å². The lowest BCUT2D eigenvalue weighted by atomic mass is 10.00. The van der Waals surface area contributed by atoms with Crippen LogP contribution >= 0.6 is 0 Å². The van der Waals surface area contributed by atoms with E-state index in [9.17, 15) is 4.79 Å². The third-order valence-electron chi connectivity index (χ3n) is 6.65. The molecule has 1 aromatic heterocycles. The van der Waals surface area contributed by atoms with E-state index in [0.717, 1.165) is 29.8 Å². The number of nitrogens with one attached hydrogen (secondary N) is 1. The number of nitrogens with zero attached hydrogens (tertiary/aromatic N) is 3. The second-order valence-corrected chi connectivity index (χ2v) is 8.34. The summed E-state index contributed by atoms with van der Waals surface area (Å²) >= 11 is 0. The molecule has 1 amide bonds. The Morgan fingerprint density at radius 2 is 2.07 bits per heavy atom. The molecule has 5 rings (SSSR count). The van der Waals surface area contributed by atoms with Gasteiger partial charge >= 0.3 is 0 Å². The largest absolute Gasteiger partial charge is 0.348 e. The third kappa shape index (κ3) is 2.62. The number of carbonyl (C=O) groups excluding carboxylic acids is 1. The fourth-order valence-corrected chi connectivity index (χ4v) is 5.15. The lowest BCUT2D eigenvalue weighted by Gasteiger charge is -2.31. The van der Waals surface area contributed by atoms with E-state index in [1.807, 2.05) is 36.1 Å². The maximum absolute atomic E-state index is 16.5. The van der Waals surface area contributed by atoms with E-state index in [0.29, 0.717) is 48.9 Å². The Kier molecular flexibility index (Phi) is 4.12. The average molecular weight is 381 g/mol. The predicted molar refractivity (Wildman–Crippen MR) is 106 cm³/mol. The van der Waals surface area contributed by atoms with E-state index in [1.54, 1.807) is 6.33 Å². The second-order valence-electron chi connectivity index (χ2n) is 8.34. The van der Waals surface area contributed by atoms with Crippen LogP contribution in [-0.2, 0) is 11.3 Å². The first kappa shape index (κ1) is 17.6. The standard InChI is InChI=1S/C22H26FN4O/c1-15-18(25-14-24-15)12-26-11-10-20-21(22(26)28)17-8-4-5-9-19(17)27(20,23)13-16-6-2-3-7-16/h4-5,8-9,14,16H,2-3,6-7,10-13H2,1H3,(H,24,25)/q+1. The summed E-state index contributed by atoms with van der Waals surface area (Å²) < 4.78 is 15.9. The van der Waals surface area contributed by atoms with E-state index in [4.69, 9.17) is 0 Å². The SMILES string of the molecule is Cc1[nH]cnc1CN1CCC2=C(C1=O)c1ccccc1[N+]2(F)CC1CCCC1. The van der Waals surface area contributed by atoms with Crippen LogP contribution in [0.4, 0.5) is 10.2 Å². The first-order valence-electron chi connectivity index (χ1n) is 10.3. The topological polar surface area (TPSA) is 49.0 Å². The number of carbonyl (C=O) groups is 1. The van der Waals surface area contributed by atoms with E-state index in [2.05, 4.69) is 9.97 Å². The van der Waals surface area contributed by atoms with Crippen LogP contribution in [0.2, 0.25) is 0 Å². The summed E-state index contributed by atoms with van der Waals surface area (Å²) in [7, 11) is 0. The molecule has 2 aromatic rings. The molecule has 2 aliphatic heterocycles. The van der Waals surface area contributed by atoms with Crippen molar-refractivity contribution >= 4 is 17.2 Å². The first-order valence-corrected chi connectivity index (χ1v) is 10.3. The highest BCUT2D eigenvalue weighted by molar-refractivity contribution is 6.24. The third-order valence-corrected chi connectivity index (χ3v) is 6.65. The van der Waals surface area contributed by atoms with Crippen molar-refractivity contribution in [2.24, 2.45) is 5.92 Å². The molecule has 0 radical (unpaired) electrons. The summed E-state index contributed by atoms with van der Waals surface area (Å²) in [5, 5.41) is 0. The Labute approximate surface area is 164 Å². The molecule has 146 valence electrons. The van der Waals surface area contributed by atoms with Crippen molar-refractivity contribution in [1.29, 1.82) is 0 Å². The fraction of sp³-hybridized carbons (Fsp3) is 0.455. The number of amides is 1. The van der Waals surface area contributed by atoms with Crippen molar-refractivity contribution in [1.82, 2.24) is 19.6 Å². The number of aromatic nitrogens is 2. The minimum Gasteiger partial charge on any atom is -0.348 e. The Bertz CT molecular complexity index is 959. The van der Waals surface area contributed by atoms with Gasteiger partial charge in [-0.1, -0.05) is 29.7 Å². The van der Waals surface area contributed by atoms with E-state index in [1.165, 1.54) is 12.8 Å². The van der Waals surface area contributed by atoms with Gasteiger partial charge in [0.15, 0.2) is 11.4 Å². The molecule has 1 N–H and O–H groups in total. The highest BCUT2D eigenvalue weighted by Crippen LogP contribution is 2.50. The fourth-order valence-electron chi connectivity index (χ4n) is 5.15. The Morgan fingerprint density at radius 3 is 2.82 bits per heavy atom. The van der Waals surface area contributed by atoms with Crippen LogP contribution < -0.4 is 4.71 Å². The number of hydrogen-bond acceptors (Lipinski definition) is 2. The summed E-state index contributed by atoms with van der Waals surface area (Å²) in [5.74, 6) is 0.324. The Balaban J connectivity index is 1.52. The monoisotopic (exact) mass is 381 g/mol. The molecule has 1 aromatic carbocycles. The highest BCUT2D eigenvalue weighted by atomic mass is 19.2. The molecule has 1 saturated carbocycles. The smallest absolute Gasteiger partial charge is 0.260 e. The number of halogens is 1. The summed E-state index contributed by atoms with van der Waals surface area (Å²) in [6, 6.07) is 7.55. The second kappa shape index (κ2) is 6.55. The van der Waals surface area contributed by atoms with Gasteiger partial charge in [0.25, 0.3) is 5.91 Å². The van der Waals surface area contributed by atoms with Crippen molar-refractivity contribution in [2.75, 3.05) is 13.1 Å². The minimum absolute atomic E-state index is 0.0693. The van der Waals surface area contributed by atoms with Crippen LogP contribution in [0.25, 0.3) is 5.57 Å². The molecule has 0 bridgehead atoms. The maximum atomic E-state index is 16.5. The van der Waals surface area contributed by atoms with Crippen molar-refractivity contribution in [2.45, 2.75) is 45.6 Å². The molecule has 1 aliphatic carbocycles. The van der Waals surface area contributed by atoms with Crippen molar-refractivity contribution < 1.29 is 9.28 Å². The zero-order chi connectivity index (χ0) is 19.3. The van der Waals surface area contributed by atoms with E-state index in [-0.39, 0.29) is 5.91 Å². The Morgan fingerprint density at radius 1 is 1.29 bits per heavy atom. The van der Waals surface area contributed by atoms with Crippen LogP contribution in [0.5, 0.6) is 0 Å². The highest BCUT2D eigenvalue weighted by Gasteiger charge is 2.53. The molecule has 6 heteroatoms. The number of imidazole rings is 1. The minimum atomic E-state index is -0.669. The van der Waals surface area contributed by atoms with Gasteiger partial charge in [0, 0.05) is 35.1 Å². The summed E-state index contributed by atoms with van der Waals surface area (Å²) in [6.07, 6.45) is 6.78. The first-order chi connectivity index (χ1) is 13.6. The lowest BCUT2D eigenvalue weighted by Crippen LogP contribution is -2.45. The van der Waals surface area contributed by atoms with E-state index < -0.39 is 4.71 Å². The molecule has 0 saturated heterocycles. The number of benzene rings is 1. The quantitative estimate of drug-likeness (QED) is 0.805. The van der Waals surface area contributed by atoms with Crippen LogP contribution in [0, 0.1) is 12.8 Å². The lowest BCUT2D eigenvalue weighted by molar-refractivity contribution is -0.126. The van der Waals surface area contributed by atoms with Gasteiger partial charge in [-0.05, 0) is 25.8 Å². The average Bonchev–Trinajstić information content (AvgIpc) is 3.39. The summed E-state index contributed by atoms with van der Waals surface area (Å²) in [4.78, 5) is 22.6. The van der Waals surface area contributed by atoms with Crippen LogP contribution in [0.3, 0.4) is 0 Å². The number of quaternary nitrogens is 1. The molecular formula is C22H26FN4O+. The number of rotatable bonds is 4. The van der Waals surface area contributed by atoms with Gasteiger partial charge < -0.3 is 9.88 Å². The van der Waals surface area contributed by atoms with Gasteiger partial charge in [0.1, 0.15) is 12.1 Å². The number of fused-ring (bicyclic) bond motifs is 2. The van der Waals surface area contributed by atoms with Crippen molar-refractivity contribution in [3.63, 3.8) is 0 Å². The molecular weight excluding hydrogens is 355 g/mol. The van der Waals surface area contributed by atoms with Gasteiger partial charge in [-0.15, -0.1) is 0 Å². The van der Waals surface area contributed by atoms with Gasteiger partial charge in [0.2, 0.25) is 0 Å². The van der Waals surface area contributed by atoms with Crippen LogP contribution in [0.15, 0.2) is 36.3 Å². The molecule has 1 unspecified atom stereocenters. The zero-order valence-corrected chi connectivity index (χ0v) is 16.2. The number of H-pyrrole nitrogens is 1. The number of aryl methyl sites for hydroxylation is 1. The van der Waals surface area contributed by atoms with Crippen molar-refractivity contribution in [3.8, 4) is 0 Å². The molecule has 5 nitrogen and oxygen atoms in total. The van der Waals surface area contributed by atoms with E-state index >= 15 is 4.48 Å². The molecule has 1 fully saturated rings. The van der Waals surface area contributed by atoms with Crippen LogP contribution in [-0.4, -0.2) is 33.9 Å². The van der Waals surface area contributed by atoms with Gasteiger partial charge in [-0.2, -0.15) is 0 Å². The number of hydrogen-bond donors (Lipinski definition) is 1. The number of aromatic amines is 1. The molecule has 28 heavy (non-hydrogen) atoms. The van der Waals surface area contributed by atoms with Crippen LogP contribution in [0.1, 0.15) is 49.1 Å². The van der Waals surface area contributed by atoms with Gasteiger partial charge in [-0.3, -0.25) is 4.79 Å². The predicted octanol–water partition coefficient (Wildman–Crippen LogP) is 4.26. The molecule has 1 atom stereocenters. The summed E-state index contributed by atoms with van der Waals surface area (Å²) in [6.45, 7) is 3.41. The molecule has 3 heterocycles. The normalized spacial score (nSPS) is 24.8. The molecule has 0 spiro atoms. The number of para-hydroxylation sites is 1. The molecule has 3 aliphatic rings.